The first-order chi connectivity index (χ1) is 8.85. The summed E-state index contributed by atoms with van der Waals surface area (Å²) in [6, 6.07) is 8.76. The minimum absolute atomic E-state index is 0.0919. The zero-order valence-electron chi connectivity index (χ0n) is 11.6. The van der Waals surface area contributed by atoms with Crippen LogP contribution in [0.1, 0.15) is 38.7 Å². The molecule has 0 amide bonds. The number of carbonyl (C=O) groups is 2. The monoisotopic (exact) mass is 264 g/mol. The van der Waals surface area contributed by atoms with Crippen LogP contribution in [0.15, 0.2) is 30.3 Å². The van der Waals surface area contributed by atoms with Crippen LogP contribution in [0, 0.1) is 0 Å². The van der Waals surface area contributed by atoms with Crippen molar-refractivity contribution in [2.45, 2.75) is 38.7 Å². The van der Waals surface area contributed by atoms with E-state index >= 15 is 0 Å². The molecule has 0 aliphatic heterocycles. The summed E-state index contributed by atoms with van der Waals surface area (Å²) in [5.41, 5.74) is -0.549. The number of esters is 1. The highest BCUT2D eigenvalue weighted by Gasteiger charge is 2.32. The third-order valence-electron chi connectivity index (χ3n) is 2.58. The van der Waals surface area contributed by atoms with Crippen LogP contribution in [0.5, 0.6) is 0 Å². The summed E-state index contributed by atoms with van der Waals surface area (Å²) < 4.78 is 4.95. The molecule has 19 heavy (non-hydrogen) atoms. The predicted octanol–water partition coefficient (Wildman–Crippen LogP) is 2.06. The third-order valence-corrected chi connectivity index (χ3v) is 2.58. The number of benzene rings is 1. The van der Waals surface area contributed by atoms with Crippen LogP contribution in [0.3, 0.4) is 0 Å². The second-order valence-corrected chi connectivity index (χ2v) is 5.05. The van der Waals surface area contributed by atoms with E-state index in [4.69, 9.17) is 4.74 Å². The minimum atomic E-state index is -1.14. The molecule has 0 spiro atoms. The molecule has 1 unspecified atom stereocenters. The molecule has 0 fully saturated rings. The van der Waals surface area contributed by atoms with Crippen molar-refractivity contribution in [2.75, 3.05) is 6.61 Å². The van der Waals surface area contributed by atoms with Gasteiger partial charge in [0.2, 0.25) is 0 Å². The average molecular weight is 264 g/mol. The molecule has 1 aromatic carbocycles. The summed E-state index contributed by atoms with van der Waals surface area (Å²) in [4.78, 5) is 24.2. The number of aliphatic hydroxyl groups is 1. The van der Waals surface area contributed by atoms with Gasteiger partial charge in [-0.05, 0) is 26.3 Å². The molecule has 4 nitrogen and oxygen atoms in total. The lowest BCUT2D eigenvalue weighted by Crippen LogP contribution is -2.31. The van der Waals surface area contributed by atoms with Gasteiger partial charge in [0.25, 0.3) is 0 Å². The third kappa shape index (κ3) is 4.83. The van der Waals surface area contributed by atoms with Gasteiger partial charge in [-0.25, -0.2) is 0 Å². The zero-order chi connectivity index (χ0) is 14.5. The second kappa shape index (κ2) is 6.48. The van der Waals surface area contributed by atoms with Crippen molar-refractivity contribution in [3.05, 3.63) is 35.9 Å². The van der Waals surface area contributed by atoms with E-state index in [1.807, 2.05) is 6.07 Å². The maximum Gasteiger partial charge on any atom is 0.321 e. The Morgan fingerprint density at radius 3 is 2.32 bits per heavy atom. The molecule has 0 radical (unpaired) electrons. The summed E-state index contributed by atoms with van der Waals surface area (Å²) >= 11 is 0. The van der Waals surface area contributed by atoms with E-state index in [0.29, 0.717) is 5.56 Å². The smallest absolute Gasteiger partial charge is 0.321 e. The average Bonchev–Trinajstić information content (AvgIpc) is 2.28. The molecule has 0 aliphatic rings. The number of rotatable bonds is 6. The van der Waals surface area contributed by atoms with Crippen molar-refractivity contribution >= 4 is 11.8 Å². The maximum absolute atomic E-state index is 12.2. The fourth-order valence-electron chi connectivity index (χ4n) is 1.85. The van der Waals surface area contributed by atoms with Crippen LogP contribution in [-0.2, 0) is 14.3 Å². The lowest BCUT2D eigenvalue weighted by Gasteiger charge is -2.20. The number of ether oxygens (including phenoxy) is 1. The first kappa shape index (κ1) is 15.4. The molecule has 1 rings (SSSR count). The topological polar surface area (TPSA) is 63.6 Å². The molecule has 0 bridgehead atoms. The maximum atomic E-state index is 12.2. The Bertz CT molecular complexity index is 431. The summed E-state index contributed by atoms with van der Waals surface area (Å²) in [6.45, 7) is 4.99. The largest absolute Gasteiger partial charge is 0.465 e. The molecule has 1 N–H and O–H groups in total. The van der Waals surface area contributed by atoms with Gasteiger partial charge in [0.1, 0.15) is 5.92 Å². The number of carbonyl (C=O) groups excluding carboxylic acids is 2. The van der Waals surface area contributed by atoms with E-state index in [0.717, 1.165) is 0 Å². The predicted molar refractivity (Wildman–Crippen MR) is 71.7 cm³/mol. The fourth-order valence-corrected chi connectivity index (χ4v) is 1.85. The van der Waals surface area contributed by atoms with Crippen LogP contribution in [0.2, 0.25) is 0 Å². The van der Waals surface area contributed by atoms with E-state index < -0.39 is 17.5 Å². The number of ketones is 1. The Hall–Kier alpha value is -1.68. The normalized spacial score (nSPS) is 12.8. The van der Waals surface area contributed by atoms with Crippen LogP contribution >= 0.6 is 0 Å². The lowest BCUT2D eigenvalue weighted by atomic mass is 9.88. The van der Waals surface area contributed by atoms with Gasteiger partial charge in [0.15, 0.2) is 5.78 Å². The van der Waals surface area contributed by atoms with Crippen LogP contribution in [0.25, 0.3) is 0 Å². The van der Waals surface area contributed by atoms with Crippen molar-refractivity contribution in [1.82, 2.24) is 0 Å². The number of Topliss-reactive ketones (excluding diaryl/α,β-unsaturated/α-hetero) is 1. The van der Waals surface area contributed by atoms with Crippen LogP contribution in [0.4, 0.5) is 0 Å². The van der Waals surface area contributed by atoms with Crippen LogP contribution < -0.4 is 0 Å². The zero-order valence-corrected chi connectivity index (χ0v) is 11.6. The number of hydrogen-bond acceptors (Lipinski definition) is 4. The SMILES string of the molecule is CCOC(=O)C(C(=O)CC(C)(C)O)c1ccccc1. The highest BCUT2D eigenvalue weighted by molar-refractivity contribution is 6.04. The number of hydrogen-bond donors (Lipinski definition) is 1. The Balaban J connectivity index is 3.00. The highest BCUT2D eigenvalue weighted by atomic mass is 16.5. The molecule has 1 atom stereocenters. The quantitative estimate of drug-likeness (QED) is 0.631. The molecule has 4 heteroatoms. The molecule has 0 saturated carbocycles. The van der Waals surface area contributed by atoms with Gasteiger partial charge in [0.05, 0.1) is 12.2 Å². The van der Waals surface area contributed by atoms with E-state index in [2.05, 4.69) is 0 Å². The Morgan fingerprint density at radius 1 is 1.26 bits per heavy atom. The van der Waals surface area contributed by atoms with Gasteiger partial charge >= 0.3 is 5.97 Å². The molecular formula is C15H20O4. The Kier molecular flexibility index (Phi) is 5.24. The van der Waals surface area contributed by atoms with Gasteiger partial charge in [-0.2, -0.15) is 0 Å². The fraction of sp³-hybridized carbons (Fsp3) is 0.467. The van der Waals surface area contributed by atoms with E-state index in [9.17, 15) is 14.7 Å². The molecule has 0 aromatic heterocycles. The molecular weight excluding hydrogens is 244 g/mol. The van der Waals surface area contributed by atoms with Gasteiger partial charge in [0, 0.05) is 6.42 Å². The molecule has 0 heterocycles. The van der Waals surface area contributed by atoms with Crippen molar-refractivity contribution in [2.24, 2.45) is 0 Å². The van der Waals surface area contributed by atoms with Crippen molar-refractivity contribution in [3.8, 4) is 0 Å². The first-order valence-electron chi connectivity index (χ1n) is 6.32. The Labute approximate surface area is 113 Å². The van der Waals surface area contributed by atoms with E-state index in [1.165, 1.54) is 13.8 Å². The summed E-state index contributed by atoms with van der Waals surface area (Å²) in [7, 11) is 0. The first-order valence-corrected chi connectivity index (χ1v) is 6.32. The second-order valence-electron chi connectivity index (χ2n) is 5.05. The highest BCUT2D eigenvalue weighted by Crippen LogP contribution is 2.23. The molecule has 0 aliphatic carbocycles. The summed E-state index contributed by atoms with van der Waals surface area (Å²) in [5.74, 6) is -1.87. The van der Waals surface area contributed by atoms with Crippen molar-refractivity contribution in [3.63, 3.8) is 0 Å². The van der Waals surface area contributed by atoms with Crippen LogP contribution in [-0.4, -0.2) is 29.1 Å². The van der Waals surface area contributed by atoms with Crippen molar-refractivity contribution < 1.29 is 19.4 Å². The summed E-state index contributed by atoms with van der Waals surface area (Å²) in [5, 5.41) is 9.72. The van der Waals surface area contributed by atoms with Gasteiger partial charge in [-0.15, -0.1) is 0 Å². The lowest BCUT2D eigenvalue weighted by molar-refractivity contribution is -0.148. The van der Waals surface area contributed by atoms with Gasteiger partial charge < -0.3 is 9.84 Å². The standard InChI is InChI=1S/C15H20O4/c1-4-19-14(17)13(11-8-6-5-7-9-11)12(16)10-15(2,3)18/h5-9,13,18H,4,10H2,1-3H3. The Morgan fingerprint density at radius 2 is 1.84 bits per heavy atom. The van der Waals surface area contributed by atoms with Gasteiger partial charge in [-0.1, -0.05) is 30.3 Å². The van der Waals surface area contributed by atoms with Crippen molar-refractivity contribution in [1.29, 1.82) is 0 Å². The molecule has 0 saturated heterocycles. The van der Waals surface area contributed by atoms with E-state index in [1.54, 1.807) is 31.2 Å². The molecule has 1 aromatic rings. The molecule has 104 valence electrons. The van der Waals surface area contributed by atoms with E-state index in [-0.39, 0.29) is 18.8 Å². The van der Waals surface area contributed by atoms with Gasteiger partial charge in [-0.3, -0.25) is 9.59 Å². The minimum Gasteiger partial charge on any atom is -0.465 e. The summed E-state index contributed by atoms with van der Waals surface area (Å²) in [6.07, 6.45) is -0.0919.